The number of hydrogen-bond donors (Lipinski definition) is 1. The number of halogens is 5. The minimum atomic E-state index is -4.72. The van der Waals surface area contributed by atoms with Crippen molar-refractivity contribution in [1.82, 2.24) is 15.2 Å². The number of pyridine rings is 1. The first-order chi connectivity index (χ1) is 11.9. The molecule has 0 radical (unpaired) electrons. The minimum Gasteiger partial charge on any atom is -0.329 e. The van der Waals surface area contributed by atoms with E-state index in [0.29, 0.717) is 31.8 Å². The van der Waals surface area contributed by atoms with E-state index in [0.717, 1.165) is 11.6 Å². The number of alkyl halides is 3. The van der Waals surface area contributed by atoms with Gasteiger partial charge in [0.2, 0.25) is 0 Å². The van der Waals surface area contributed by atoms with Crippen LogP contribution < -0.4 is 5.32 Å². The van der Waals surface area contributed by atoms with Gasteiger partial charge in [-0.3, -0.25) is 9.78 Å². The SMILES string of the molecule is Cl.O=C(c1cc(F)cc(C(F)(F)F)c1)N1CCNCC1c1cccnc1. The lowest BCUT2D eigenvalue weighted by molar-refractivity contribution is -0.137. The normalized spacial score (nSPS) is 17.5. The predicted molar refractivity (Wildman–Crippen MR) is 89.5 cm³/mol. The number of nitrogens with zero attached hydrogens (tertiary/aromatic N) is 2. The molecule has 1 atom stereocenters. The van der Waals surface area contributed by atoms with Gasteiger partial charge in [0.25, 0.3) is 5.91 Å². The summed E-state index contributed by atoms with van der Waals surface area (Å²) in [5, 5.41) is 3.14. The lowest BCUT2D eigenvalue weighted by Crippen LogP contribution is -2.48. The average molecular weight is 390 g/mol. The lowest BCUT2D eigenvalue weighted by atomic mass is 10.0. The monoisotopic (exact) mass is 389 g/mol. The maximum Gasteiger partial charge on any atom is 0.416 e. The van der Waals surface area contributed by atoms with Crippen LogP contribution in [0.4, 0.5) is 17.6 Å². The van der Waals surface area contributed by atoms with Crippen LogP contribution in [0.5, 0.6) is 0 Å². The molecular weight excluding hydrogens is 374 g/mol. The molecule has 1 aromatic carbocycles. The van der Waals surface area contributed by atoms with E-state index in [1.165, 1.54) is 4.90 Å². The Labute approximate surface area is 153 Å². The molecule has 1 unspecified atom stereocenters. The van der Waals surface area contributed by atoms with Crippen LogP contribution in [0.1, 0.15) is 27.5 Å². The van der Waals surface area contributed by atoms with Crippen LogP contribution in [0.3, 0.4) is 0 Å². The van der Waals surface area contributed by atoms with Gasteiger partial charge in [-0.2, -0.15) is 13.2 Å². The third-order valence-electron chi connectivity index (χ3n) is 4.05. The largest absolute Gasteiger partial charge is 0.416 e. The standard InChI is InChI=1S/C17H15F4N3O.ClH/c18-14-7-12(6-13(8-14)17(19,20)21)16(25)24-5-4-23-10-15(24)11-2-1-3-22-9-11;/h1-3,6-9,15,23H,4-5,10H2;1H. The molecule has 140 valence electrons. The molecule has 1 N–H and O–H groups in total. The summed E-state index contributed by atoms with van der Waals surface area (Å²) in [5.74, 6) is -1.73. The summed E-state index contributed by atoms with van der Waals surface area (Å²) in [6.45, 7) is 1.25. The van der Waals surface area contributed by atoms with Crippen molar-refractivity contribution in [2.45, 2.75) is 12.2 Å². The fourth-order valence-electron chi connectivity index (χ4n) is 2.86. The highest BCUT2D eigenvalue weighted by Crippen LogP contribution is 2.31. The zero-order valence-corrected chi connectivity index (χ0v) is 14.3. The van der Waals surface area contributed by atoms with E-state index >= 15 is 0 Å². The van der Waals surface area contributed by atoms with Gasteiger partial charge in [0.1, 0.15) is 5.82 Å². The first-order valence-electron chi connectivity index (χ1n) is 7.65. The molecule has 2 aromatic rings. The fourth-order valence-corrected chi connectivity index (χ4v) is 2.86. The van der Waals surface area contributed by atoms with Gasteiger partial charge < -0.3 is 10.2 Å². The van der Waals surface area contributed by atoms with Gasteiger partial charge in [-0.05, 0) is 29.8 Å². The first-order valence-corrected chi connectivity index (χ1v) is 7.65. The molecule has 1 saturated heterocycles. The number of amides is 1. The Balaban J connectivity index is 0.00000243. The van der Waals surface area contributed by atoms with E-state index in [1.807, 2.05) is 0 Å². The second kappa shape index (κ2) is 8.01. The van der Waals surface area contributed by atoms with E-state index in [2.05, 4.69) is 10.3 Å². The van der Waals surface area contributed by atoms with Crippen molar-refractivity contribution in [2.24, 2.45) is 0 Å². The van der Waals surface area contributed by atoms with Gasteiger partial charge in [0.05, 0.1) is 11.6 Å². The van der Waals surface area contributed by atoms with Gasteiger partial charge in [-0.25, -0.2) is 4.39 Å². The molecule has 0 bridgehead atoms. The van der Waals surface area contributed by atoms with Crippen LogP contribution >= 0.6 is 12.4 Å². The summed E-state index contributed by atoms with van der Waals surface area (Å²) in [6, 6.07) is 5.03. The molecule has 1 fully saturated rings. The smallest absolute Gasteiger partial charge is 0.329 e. The van der Waals surface area contributed by atoms with Crippen molar-refractivity contribution in [3.8, 4) is 0 Å². The summed E-state index contributed by atoms with van der Waals surface area (Å²) in [7, 11) is 0. The molecule has 1 aliphatic rings. The van der Waals surface area contributed by atoms with Crippen molar-refractivity contribution >= 4 is 18.3 Å². The Bertz CT molecular complexity index is 770. The van der Waals surface area contributed by atoms with Crippen molar-refractivity contribution < 1.29 is 22.4 Å². The van der Waals surface area contributed by atoms with Crippen LogP contribution in [-0.2, 0) is 6.18 Å². The Morgan fingerprint density at radius 1 is 1.27 bits per heavy atom. The molecule has 26 heavy (non-hydrogen) atoms. The zero-order valence-electron chi connectivity index (χ0n) is 13.5. The van der Waals surface area contributed by atoms with Crippen LogP contribution in [0.2, 0.25) is 0 Å². The summed E-state index contributed by atoms with van der Waals surface area (Å²) < 4.78 is 52.3. The number of carbonyl (C=O) groups is 1. The maximum atomic E-state index is 13.6. The Hall–Kier alpha value is -2.19. The number of rotatable bonds is 2. The summed E-state index contributed by atoms with van der Waals surface area (Å²) in [4.78, 5) is 18.2. The molecule has 0 aliphatic carbocycles. The third-order valence-corrected chi connectivity index (χ3v) is 4.05. The number of hydrogen-bond acceptors (Lipinski definition) is 3. The van der Waals surface area contributed by atoms with E-state index in [9.17, 15) is 22.4 Å². The number of benzene rings is 1. The second-order valence-corrected chi connectivity index (χ2v) is 5.73. The number of piperazine rings is 1. The van der Waals surface area contributed by atoms with Crippen molar-refractivity contribution in [2.75, 3.05) is 19.6 Å². The van der Waals surface area contributed by atoms with Crippen molar-refractivity contribution in [3.05, 3.63) is 65.2 Å². The Kier molecular flexibility index (Phi) is 6.20. The van der Waals surface area contributed by atoms with Gasteiger partial charge in [0.15, 0.2) is 0 Å². The van der Waals surface area contributed by atoms with E-state index in [4.69, 9.17) is 0 Å². The summed E-state index contributed by atoms with van der Waals surface area (Å²) >= 11 is 0. The van der Waals surface area contributed by atoms with Gasteiger partial charge in [-0.15, -0.1) is 12.4 Å². The molecule has 3 rings (SSSR count). The minimum absolute atomic E-state index is 0. The topological polar surface area (TPSA) is 45.2 Å². The second-order valence-electron chi connectivity index (χ2n) is 5.73. The number of nitrogens with one attached hydrogen (secondary N) is 1. The molecule has 2 heterocycles. The molecule has 9 heteroatoms. The van der Waals surface area contributed by atoms with Crippen LogP contribution in [-0.4, -0.2) is 35.4 Å². The molecule has 4 nitrogen and oxygen atoms in total. The molecule has 1 aliphatic heterocycles. The molecular formula is C17H16ClF4N3O. The average Bonchev–Trinajstić information content (AvgIpc) is 2.60. The number of aromatic nitrogens is 1. The highest BCUT2D eigenvalue weighted by molar-refractivity contribution is 5.95. The zero-order chi connectivity index (χ0) is 18.0. The number of carbonyl (C=O) groups excluding carboxylic acids is 1. The van der Waals surface area contributed by atoms with E-state index < -0.39 is 23.5 Å². The Morgan fingerprint density at radius 3 is 2.69 bits per heavy atom. The maximum absolute atomic E-state index is 13.6. The highest BCUT2D eigenvalue weighted by Gasteiger charge is 2.34. The third kappa shape index (κ3) is 4.31. The summed E-state index contributed by atoms with van der Waals surface area (Å²) in [6.07, 6.45) is -1.53. The fraction of sp³-hybridized carbons (Fsp3) is 0.294. The quantitative estimate of drug-likeness (QED) is 0.800. The molecule has 0 saturated carbocycles. The van der Waals surface area contributed by atoms with Crippen LogP contribution in [0.25, 0.3) is 0 Å². The van der Waals surface area contributed by atoms with Crippen LogP contribution in [0.15, 0.2) is 42.7 Å². The van der Waals surface area contributed by atoms with Gasteiger partial charge >= 0.3 is 6.18 Å². The van der Waals surface area contributed by atoms with Gasteiger partial charge in [-0.1, -0.05) is 6.07 Å². The lowest BCUT2D eigenvalue weighted by Gasteiger charge is -2.36. The first kappa shape index (κ1) is 20.1. The van der Waals surface area contributed by atoms with E-state index in [-0.39, 0.29) is 24.0 Å². The van der Waals surface area contributed by atoms with Gasteiger partial charge in [0, 0.05) is 37.6 Å². The predicted octanol–water partition coefficient (Wildman–Crippen LogP) is 3.45. The Morgan fingerprint density at radius 2 is 2.04 bits per heavy atom. The molecule has 0 spiro atoms. The van der Waals surface area contributed by atoms with Crippen LogP contribution in [0, 0.1) is 5.82 Å². The van der Waals surface area contributed by atoms with Crippen molar-refractivity contribution in [3.63, 3.8) is 0 Å². The van der Waals surface area contributed by atoms with Crippen molar-refractivity contribution in [1.29, 1.82) is 0 Å². The highest BCUT2D eigenvalue weighted by atomic mass is 35.5. The molecule has 1 aromatic heterocycles. The molecule has 1 amide bonds. The van der Waals surface area contributed by atoms with E-state index in [1.54, 1.807) is 24.5 Å². The summed E-state index contributed by atoms with van der Waals surface area (Å²) in [5.41, 5.74) is -0.734.